The van der Waals surface area contributed by atoms with Gasteiger partial charge in [-0.3, -0.25) is 0 Å². The molecule has 174 valence electrons. The first-order valence-electron chi connectivity index (χ1n) is 11.3. The van der Waals surface area contributed by atoms with Crippen LogP contribution < -0.4 is 4.74 Å². The summed E-state index contributed by atoms with van der Waals surface area (Å²) in [5.74, 6) is 1.91. The van der Waals surface area contributed by atoms with Crippen LogP contribution in [0.2, 0.25) is 0 Å². The van der Waals surface area contributed by atoms with Crippen LogP contribution in [0, 0.1) is 0 Å². The first kappa shape index (κ1) is 26.1. The zero-order valence-electron chi connectivity index (χ0n) is 18.5. The Balaban J connectivity index is 1.72. The molecular formula is C25H32Cl2N2O3. The van der Waals surface area contributed by atoms with Crippen LogP contribution in [0.15, 0.2) is 58.8 Å². The van der Waals surface area contributed by atoms with E-state index in [0.29, 0.717) is 30.3 Å². The third-order valence-corrected chi connectivity index (χ3v) is 5.31. The van der Waals surface area contributed by atoms with Crippen LogP contribution in [-0.2, 0) is 4.74 Å². The van der Waals surface area contributed by atoms with Gasteiger partial charge in [0.15, 0.2) is 0 Å². The standard InChI is InChI=1S/C25H32Cl2N2O3/c26-17-5-1-3-7-19-31-24-15-13-23(14-16-24)29-28-22-11-9-21(10-12-22)25(30)32-20-8-4-2-6-18-27/h9-16H,1-8,17-20H2. The van der Waals surface area contributed by atoms with Gasteiger partial charge in [-0.05, 0) is 74.2 Å². The van der Waals surface area contributed by atoms with E-state index in [1.54, 1.807) is 24.3 Å². The number of ether oxygens (including phenoxy) is 2. The molecule has 0 saturated heterocycles. The summed E-state index contributed by atoms with van der Waals surface area (Å²) in [4.78, 5) is 12.1. The van der Waals surface area contributed by atoms with Crippen LogP contribution in [0.1, 0.15) is 61.7 Å². The van der Waals surface area contributed by atoms with Gasteiger partial charge in [0.05, 0.1) is 30.2 Å². The highest BCUT2D eigenvalue weighted by Crippen LogP contribution is 2.22. The number of unbranched alkanes of at least 4 members (excludes halogenated alkanes) is 6. The van der Waals surface area contributed by atoms with Crippen molar-refractivity contribution in [1.29, 1.82) is 0 Å². The van der Waals surface area contributed by atoms with E-state index in [0.717, 1.165) is 68.7 Å². The molecule has 0 N–H and O–H groups in total. The van der Waals surface area contributed by atoms with Crippen LogP contribution >= 0.6 is 23.2 Å². The first-order chi connectivity index (χ1) is 15.7. The Morgan fingerprint density at radius 3 is 1.72 bits per heavy atom. The molecular weight excluding hydrogens is 447 g/mol. The predicted molar refractivity (Wildman–Crippen MR) is 131 cm³/mol. The molecule has 0 amide bonds. The van der Waals surface area contributed by atoms with Gasteiger partial charge >= 0.3 is 5.97 Å². The summed E-state index contributed by atoms with van der Waals surface area (Å²) >= 11 is 11.3. The number of nitrogens with zero attached hydrogens (tertiary/aromatic N) is 2. The maximum absolute atomic E-state index is 12.1. The van der Waals surface area contributed by atoms with E-state index in [1.807, 2.05) is 24.3 Å². The summed E-state index contributed by atoms with van der Waals surface area (Å²) in [5, 5.41) is 8.46. The Morgan fingerprint density at radius 2 is 1.16 bits per heavy atom. The molecule has 0 spiro atoms. The number of hydrogen-bond acceptors (Lipinski definition) is 5. The number of alkyl halides is 2. The van der Waals surface area contributed by atoms with Crippen LogP contribution in [0.5, 0.6) is 5.75 Å². The number of halogens is 2. The second kappa shape index (κ2) is 16.5. The maximum Gasteiger partial charge on any atom is 0.338 e. The molecule has 0 aliphatic rings. The minimum Gasteiger partial charge on any atom is -0.494 e. The zero-order valence-corrected chi connectivity index (χ0v) is 20.0. The minimum atomic E-state index is -0.319. The average molecular weight is 479 g/mol. The summed E-state index contributed by atoms with van der Waals surface area (Å²) in [6.07, 6.45) is 8.29. The Kier molecular flexibility index (Phi) is 13.5. The zero-order chi connectivity index (χ0) is 22.9. The lowest BCUT2D eigenvalue weighted by molar-refractivity contribution is 0.0498. The smallest absolute Gasteiger partial charge is 0.338 e. The molecule has 0 atom stereocenters. The minimum absolute atomic E-state index is 0.319. The topological polar surface area (TPSA) is 60.2 Å². The highest BCUT2D eigenvalue weighted by Gasteiger charge is 2.06. The fourth-order valence-corrected chi connectivity index (χ4v) is 3.31. The van der Waals surface area contributed by atoms with Crippen molar-refractivity contribution in [3.8, 4) is 5.75 Å². The van der Waals surface area contributed by atoms with Gasteiger partial charge in [0.1, 0.15) is 5.75 Å². The summed E-state index contributed by atoms with van der Waals surface area (Å²) in [7, 11) is 0. The quantitative estimate of drug-likeness (QED) is 0.105. The molecule has 0 radical (unpaired) electrons. The van der Waals surface area contributed by atoms with Gasteiger partial charge in [-0.15, -0.1) is 23.2 Å². The number of azo groups is 1. The monoisotopic (exact) mass is 478 g/mol. The molecule has 32 heavy (non-hydrogen) atoms. The molecule has 0 aliphatic heterocycles. The van der Waals surface area contributed by atoms with E-state index in [-0.39, 0.29) is 5.97 Å². The van der Waals surface area contributed by atoms with Crippen LogP contribution in [-0.4, -0.2) is 30.9 Å². The second-order valence-electron chi connectivity index (χ2n) is 7.43. The number of carbonyl (C=O) groups excluding carboxylic acids is 1. The lowest BCUT2D eigenvalue weighted by Gasteiger charge is -2.06. The average Bonchev–Trinajstić information content (AvgIpc) is 2.83. The van der Waals surface area contributed by atoms with Crippen LogP contribution in [0.4, 0.5) is 11.4 Å². The van der Waals surface area contributed by atoms with E-state index in [2.05, 4.69) is 10.2 Å². The molecule has 0 aromatic heterocycles. The van der Waals surface area contributed by atoms with Crippen molar-refractivity contribution in [1.82, 2.24) is 0 Å². The summed E-state index contributed by atoms with van der Waals surface area (Å²) in [6.45, 7) is 1.13. The molecule has 0 heterocycles. The molecule has 0 fully saturated rings. The molecule has 2 aromatic rings. The van der Waals surface area contributed by atoms with Gasteiger partial charge in [-0.25, -0.2) is 4.79 Å². The van der Waals surface area contributed by atoms with E-state index < -0.39 is 0 Å². The van der Waals surface area contributed by atoms with Gasteiger partial charge in [-0.1, -0.05) is 25.7 Å². The summed E-state index contributed by atoms with van der Waals surface area (Å²) in [6, 6.07) is 14.4. The predicted octanol–water partition coefficient (Wildman–Crippen LogP) is 8.24. The van der Waals surface area contributed by atoms with E-state index in [9.17, 15) is 4.79 Å². The van der Waals surface area contributed by atoms with Crippen molar-refractivity contribution in [2.45, 2.75) is 51.4 Å². The van der Waals surface area contributed by atoms with E-state index in [1.165, 1.54) is 0 Å². The third-order valence-electron chi connectivity index (χ3n) is 4.78. The Labute approximate surface area is 201 Å². The molecule has 2 rings (SSSR count). The number of carbonyl (C=O) groups is 1. The van der Waals surface area contributed by atoms with Gasteiger partial charge < -0.3 is 9.47 Å². The highest BCUT2D eigenvalue weighted by molar-refractivity contribution is 6.18. The van der Waals surface area contributed by atoms with E-state index in [4.69, 9.17) is 32.7 Å². The number of esters is 1. The Bertz CT molecular complexity index is 796. The number of benzene rings is 2. The van der Waals surface area contributed by atoms with Crippen LogP contribution in [0.3, 0.4) is 0 Å². The largest absolute Gasteiger partial charge is 0.494 e. The summed E-state index contributed by atoms with van der Waals surface area (Å²) in [5.41, 5.74) is 1.91. The molecule has 0 saturated carbocycles. The normalized spacial score (nSPS) is 11.1. The molecule has 0 unspecified atom stereocenters. The lowest BCUT2D eigenvalue weighted by Crippen LogP contribution is -2.06. The summed E-state index contributed by atoms with van der Waals surface area (Å²) < 4.78 is 11.0. The van der Waals surface area contributed by atoms with Gasteiger partial charge in [0.25, 0.3) is 0 Å². The van der Waals surface area contributed by atoms with Crippen molar-refractivity contribution in [3.05, 3.63) is 54.1 Å². The third kappa shape index (κ3) is 11.0. The van der Waals surface area contributed by atoms with Crippen molar-refractivity contribution < 1.29 is 14.3 Å². The molecule has 7 heteroatoms. The Morgan fingerprint density at radius 1 is 0.656 bits per heavy atom. The van der Waals surface area contributed by atoms with Gasteiger partial charge in [0.2, 0.25) is 0 Å². The molecule has 2 aromatic carbocycles. The van der Waals surface area contributed by atoms with Gasteiger partial charge in [-0.2, -0.15) is 10.2 Å². The molecule has 0 bridgehead atoms. The van der Waals surface area contributed by atoms with Gasteiger partial charge in [0, 0.05) is 11.8 Å². The van der Waals surface area contributed by atoms with Crippen molar-refractivity contribution in [2.24, 2.45) is 10.2 Å². The van der Waals surface area contributed by atoms with Crippen molar-refractivity contribution in [2.75, 3.05) is 25.0 Å². The molecule has 0 aliphatic carbocycles. The molecule has 5 nitrogen and oxygen atoms in total. The van der Waals surface area contributed by atoms with Crippen LogP contribution in [0.25, 0.3) is 0 Å². The maximum atomic E-state index is 12.1. The highest BCUT2D eigenvalue weighted by atomic mass is 35.5. The van der Waals surface area contributed by atoms with Crippen molar-refractivity contribution >= 4 is 40.5 Å². The van der Waals surface area contributed by atoms with E-state index >= 15 is 0 Å². The Hall–Kier alpha value is -2.11. The lowest BCUT2D eigenvalue weighted by atomic mass is 10.2. The second-order valence-corrected chi connectivity index (χ2v) is 8.19. The number of hydrogen-bond donors (Lipinski definition) is 0. The number of rotatable bonds is 16. The van der Waals surface area contributed by atoms with Crippen molar-refractivity contribution in [3.63, 3.8) is 0 Å². The fourth-order valence-electron chi connectivity index (χ4n) is 2.93. The SMILES string of the molecule is O=C(OCCCCCCCl)c1ccc(N=Nc2ccc(OCCCCCCCl)cc2)cc1. The first-order valence-corrected chi connectivity index (χ1v) is 12.3. The fraction of sp³-hybridized carbons (Fsp3) is 0.480.